The van der Waals surface area contributed by atoms with Gasteiger partial charge in [-0.1, -0.05) is 11.6 Å². The van der Waals surface area contributed by atoms with Gasteiger partial charge in [-0.2, -0.15) is 0 Å². The number of ketones is 1. The first-order valence-corrected chi connectivity index (χ1v) is 9.48. The number of carbonyl (C=O) groups is 1. The fraction of sp³-hybridized carbons (Fsp3) is 0.476. The Morgan fingerprint density at radius 2 is 1.76 bits per heavy atom. The lowest BCUT2D eigenvalue weighted by Gasteiger charge is -2.35. The number of rotatable bonds is 5. The van der Waals surface area contributed by atoms with Crippen LogP contribution >= 0.6 is 11.6 Å². The van der Waals surface area contributed by atoms with Gasteiger partial charge in [-0.3, -0.25) is 4.79 Å². The topological polar surface area (TPSA) is 22.0 Å². The molecule has 0 unspecified atom stereocenters. The van der Waals surface area contributed by atoms with Gasteiger partial charge in [-0.25, -0.2) is 0 Å². The number of nitrogens with zero attached hydrogens (tertiary/aromatic N) is 2. The Morgan fingerprint density at radius 1 is 1.16 bits per heavy atom. The van der Waals surface area contributed by atoms with E-state index in [-0.39, 0.29) is 5.78 Å². The van der Waals surface area contributed by atoms with Crippen LogP contribution in [0.3, 0.4) is 0 Å². The van der Waals surface area contributed by atoms with Crippen LogP contribution in [0.2, 0.25) is 5.02 Å². The third kappa shape index (κ3) is 3.68. The second-order valence-corrected chi connectivity index (χ2v) is 8.33. The van der Waals surface area contributed by atoms with Crippen molar-refractivity contribution in [1.82, 2.24) is 4.57 Å². The average molecular weight is 360 g/mol. The maximum Gasteiger partial charge on any atom is 0.218 e. The summed E-state index contributed by atoms with van der Waals surface area (Å²) in [6, 6.07) is 10.4. The molecule has 0 radical (unpaired) electrons. The SMILES string of the molecule is Cc1cc(C(=O)C[N+](C)(C)C2CCCC2)c(C)n1-c1ccc(Cl)cc1. The van der Waals surface area contributed by atoms with E-state index in [0.29, 0.717) is 12.6 Å². The summed E-state index contributed by atoms with van der Waals surface area (Å²) in [4.78, 5) is 13.0. The van der Waals surface area contributed by atoms with Crippen LogP contribution in [0, 0.1) is 13.8 Å². The summed E-state index contributed by atoms with van der Waals surface area (Å²) in [7, 11) is 4.40. The Labute approximate surface area is 155 Å². The third-order valence-electron chi connectivity index (χ3n) is 5.68. The van der Waals surface area contributed by atoms with E-state index >= 15 is 0 Å². The van der Waals surface area contributed by atoms with Gasteiger partial charge in [0.2, 0.25) is 5.78 Å². The van der Waals surface area contributed by atoms with Crippen molar-refractivity contribution in [2.75, 3.05) is 20.6 Å². The smallest absolute Gasteiger partial charge is 0.218 e. The molecule has 1 saturated carbocycles. The van der Waals surface area contributed by atoms with Gasteiger partial charge in [-0.15, -0.1) is 0 Å². The number of hydrogen-bond acceptors (Lipinski definition) is 1. The quantitative estimate of drug-likeness (QED) is 0.547. The summed E-state index contributed by atoms with van der Waals surface area (Å²) in [6.07, 6.45) is 5.07. The molecule has 0 saturated heterocycles. The van der Waals surface area contributed by atoms with Crippen molar-refractivity contribution < 1.29 is 9.28 Å². The molecular formula is C21H28ClN2O+. The van der Waals surface area contributed by atoms with Crippen LogP contribution in [0.4, 0.5) is 0 Å². The molecule has 0 amide bonds. The van der Waals surface area contributed by atoms with Crippen molar-refractivity contribution in [3.05, 3.63) is 52.3 Å². The molecule has 1 fully saturated rings. The van der Waals surface area contributed by atoms with Gasteiger partial charge in [0.1, 0.15) is 6.54 Å². The Hall–Kier alpha value is -1.58. The number of hydrogen-bond donors (Lipinski definition) is 0. The highest BCUT2D eigenvalue weighted by Gasteiger charge is 2.34. The van der Waals surface area contributed by atoms with Crippen LogP contribution in [0.1, 0.15) is 47.4 Å². The van der Waals surface area contributed by atoms with Crippen molar-refractivity contribution in [2.45, 2.75) is 45.6 Å². The van der Waals surface area contributed by atoms with Crippen LogP contribution < -0.4 is 0 Å². The Balaban J connectivity index is 1.86. The molecule has 25 heavy (non-hydrogen) atoms. The van der Waals surface area contributed by atoms with Crippen molar-refractivity contribution in [2.24, 2.45) is 0 Å². The van der Waals surface area contributed by atoms with Gasteiger partial charge in [-0.05, 0) is 69.9 Å². The van der Waals surface area contributed by atoms with Gasteiger partial charge in [0.25, 0.3) is 0 Å². The highest BCUT2D eigenvalue weighted by atomic mass is 35.5. The number of benzene rings is 1. The van der Waals surface area contributed by atoms with E-state index in [1.165, 1.54) is 25.7 Å². The summed E-state index contributed by atoms with van der Waals surface area (Å²) >= 11 is 6.00. The second-order valence-electron chi connectivity index (χ2n) is 7.89. The lowest BCUT2D eigenvalue weighted by atomic mass is 10.1. The summed E-state index contributed by atoms with van der Waals surface area (Å²) < 4.78 is 2.93. The summed E-state index contributed by atoms with van der Waals surface area (Å²) in [6.45, 7) is 4.65. The number of aryl methyl sites for hydroxylation is 1. The number of quaternary nitrogens is 1. The Bertz CT molecular complexity index is 768. The van der Waals surface area contributed by atoms with E-state index in [2.05, 4.69) is 25.6 Å². The number of aromatic nitrogens is 1. The molecule has 0 bridgehead atoms. The van der Waals surface area contributed by atoms with E-state index < -0.39 is 0 Å². The van der Waals surface area contributed by atoms with Crippen molar-refractivity contribution in [3.8, 4) is 5.69 Å². The maximum atomic E-state index is 13.0. The Kier molecular flexibility index (Phi) is 5.08. The predicted octanol–water partition coefficient (Wildman–Crippen LogP) is 4.95. The van der Waals surface area contributed by atoms with Crippen LogP contribution in [0.25, 0.3) is 5.69 Å². The number of halogens is 1. The van der Waals surface area contributed by atoms with Crippen molar-refractivity contribution in [1.29, 1.82) is 0 Å². The molecule has 134 valence electrons. The lowest BCUT2D eigenvalue weighted by molar-refractivity contribution is -0.906. The molecule has 0 N–H and O–H groups in total. The highest BCUT2D eigenvalue weighted by Crippen LogP contribution is 2.28. The summed E-state index contributed by atoms with van der Waals surface area (Å²) in [5.74, 6) is 0.241. The maximum absolute atomic E-state index is 13.0. The van der Waals surface area contributed by atoms with Gasteiger partial charge in [0, 0.05) is 27.7 Å². The molecule has 1 aliphatic carbocycles. The van der Waals surface area contributed by atoms with E-state index in [4.69, 9.17) is 11.6 Å². The third-order valence-corrected chi connectivity index (χ3v) is 5.93. The van der Waals surface area contributed by atoms with Gasteiger partial charge >= 0.3 is 0 Å². The normalized spacial score (nSPS) is 15.7. The minimum atomic E-state index is 0.241. The van der Waals surface area contributed by atoms with Gasteiger partial charge < -0.3 is 9.05 Å². The van der Waals surface area contributed by atoms with Gasteiger partial charge in [0.05, 0.1) is 20.1 Å². The minimum Gasteiger partial charge on any atom is -0.320 e. The molecule has 1 heterocycles. The first-order chi connectivity index (χ1) is 11.8. The zero-order valence-corrected chi connectivity index (χ0v) is 16.4. The average Bonchev–Trinajstić information content (AvgIpc) is 3.17. The number of Topliss-reactive ketones (excluding diaryl/α,β-unsaturated/α-hetero) is 1. The molecule has 1 aromatic carbocycles. The summed E-state index contributed by atoms with van der Waals surface area (Å²) in [5, 5.41) is 0.720. The van der Waals surface area contributed by atoms with Crippen molar-refractivity contribution >= 4 is 17.4 Å². The Morgan fingerprint density at radius 3 is 2.36 bits per heavy atom. The van der Waals surface area contributed by atoms with Crippen molar-refractivity contribution in [3.63, 3.8) is 0 Å². The number of carbonyl (C=O) groups excluding carboxylic acids is 1. The van der Waals surface area contributed by atoms with Crippen LogP contribution in [-0.4, -0.2) is 41.5 Å². The first-order valence-electron chi connectivity index (χ1n) is 9.10. The standard InChI is InChI=1S/C21H28ClN2O/c1-15-13-20(16(2)23(15)18-11-9-17(22)10-12-18)21(25)14-24(3,4)19-7-5-6-8-19/h9-13,19H,5-8,14H2,1-4H3/q+1. The molecule has 4 heteroatoms. The molecule has 2 aromatic rings. The second kappa shape index (κ2) is 6.97. The minimum absolute atomic E-state index is 0.241. The van der Waals surface area contributed by atoms with Crippen LogP contribution in [-0.2, 0) is 0 Å². The van der Waals surface area contributed by atoms with E-state index in [9.17, 15) is 4.79 Å². The largest absolute Gasteiger partial charge is 0.320 e. The molecule has 0 spiro atoms. The van der Waals surface area contributed by atoms with Crippen LogP contribution in [0.5, 0.6) is 0 Å². The zero-order chi connectivity index (χ0) is 18.2. The summed E-state index contributed by atoms with van der Waals surface area (Å²) in [5.41, 5.74) is 3.98. The molecular weight excluding hydrogens is 332 g/mol. The predicted molar refractivity (Wildman–Crippen MR) is 104 cm³/mol. The van der Waals surface area contributed by atoms with Crippen LogP contribution in [0.15, 0.2) is 30.3 Å². The zero-order valence-electron chi connectivity index (χ0n) is 15.7. The van der Waals surface area contributed by atoms with Gasteiger partial charge in [0.15, 0.2) is 0 Å². The fourth-order valence-electron chi connectivity index (χ4n) is 4.22. The van der Waals surface area contributed by atoms with E-state index in [1.807, 2.05) is 37.3 Å². The first kappa shape index (κ1) is 18.2. The molecule has 1 aromatic heterocycles. The molecule has 1 aliphatic rings. The lowest BCUT2D eigenvalue weighted by Crippen LogP contribution is -2.50. The highest BCUT2D eigenvalue weighted by molar-refractivity contribution is 6.30. The molecule has 3 nitrogen and oxygen atoms in total. The van der Waals surface area contributed by atoms with E-state index in [1.54, 1.807) is 0 Å². The molecule has 0 aliphatic heterocycles. The molecule has 0 atom stereocenters. The number of likely N-dealkylation sites (N-methyl/N-ethyl adjacent to an activating group) is 1. The van der Waals surface area contributed by atoms with E-state index in [0.717, 1.165) is 32.1 Å². The monoisotopic (exact) mass is 359 g/mol. The molecule has 3 rings (SSSR count). The fourth-order valence-corrected chi connectivity index (χ4v) is 4.35.